The number of rotatable bonds is 7. The van der Waals surface area contributed by atoms with Crippen molar-refractivity contribution in [2.45, 2.75) is 39.2 Å². The van der Waals surface area contributed by atoms with Gasteiger partial charge in [0.1, 0.15) is 0 Å². The van der Waals surface area contributed by atoms with Crippen LogP contribution < -0.4 is 11.1 Å². The van der Waals surface area contributed by atoms with Crippen molar-refractivity contribution >= 4 is 17.3 Å². The van der Waals surface area contributed by atoms with E-state index in [1.807, 2.05) is 18.2 Å². The van der Waals surface area contributed by atoms with E-state index in [1.54, 1.807) is 6.07 Å². The molecular weight excluding hydrogens is 250 g/mol. The smallest absolute Gasteiger partial charge is 0.225 e. The molecule has 1 aliphatic rings. The molecule has 1 aliphatic carbocycles. The summed E-state index contributed by atoms with van der Waals surface area (Å²) < 4.78 is 0. The van der Waals surface area contributed by atoms with Gasteiger partial charge in [-0.3, -0.25) is 4.79 Å². The van der Waals surface area contributed by atoms with E-state index in [2.05, 4.69) is 24.1 Å². The molecule has 4 heteroatoms. The van der Waals surface area contributed by atoms with Crippen molar-refractivity contribution in [3.05, 3.63) is 24.3 Å². The van der Waals surface area contributed by atoms with Gasteiger partial charge in [-0.15, -0.1) is 0 Å². The number of carbonyl (C=O) groups is 1. The lowest BCUT2D eigenvalue weighted by atomic mass is 10.2. The summed E-state index contributed by atoms with van der Waals surface area (Å²) in [5, 5.41) is 2.90. The first-order valence-corrected chi connectivity index (χ1v) is 7.44. The number of nitrogens with zero attached hydrogens (tertiary/aromatic N) is 1. The van der Waals surface area contributed by atoms with Crippen LogP contribution in [0.2, 0.25) is 0 Å². The van der Waals surface area contributed by atoms with Crippen molar-refractivity contribution in [3.8, 4) is 0 Å². The van der Waals surface area contributed by atoms with E-state index in [0.29, 0.717) is 18.2 Å². The number of benzene rings is 1. The Labute approximate surface area is 121 Å². The molecule has 0 saturated heterocycles. The van der Waals surface area contributed by atoms with Gasteiger partial charge in [0.15, 0.2) is 0 Å². The van der Waals surface area contributed by atoms with Crippen molar-refractivity contribution in [2.75, 3.05) is 24.1 Å². The van der Waals surface area contributed by atoms with Crippen molar-refractivity contribution in [1.82, 2.24) is 4.90 Å². The van der Waals surface area contributed by atoms with E-state index in [1.165, 1.54) is 12.8 Å². The van der Waals surface area contributed by atoms with Crippen LogP contribution in [0.25, 0.3) is 0 Å². The van der Waals surface area contributed by atoms with Gasteiger partial charge in [-0.05, 0) is 50.8 Å². The number of anilines is 2. The fraction of sp³-hybridized carbons (Fsp3) is 0.562. The van der Waals surface area contributed by atoms with Crippen LogP contribution in [-0.4, -0.2) is 29.9 Å². The van der Waals surface area contributed by atoms with Crippen LogP contribution in [0.3, 0.4) is 0 Å². The Hall–Kier alpha value is -1.55. The molecule has 3 N–H and O–H groups in total. The van der Waals surface area contributed by atoms with Crippen molar-refractivity contribution in [3.63, 3.8) is 0 Å². The fourth-order valence-electron chi connectivity index (χ4n) is 2.28. The third-order valence-corrected chi connectivity index (χ3v) is 3.72. The van der Waals surface area contributed by atoms with Crippen LogP contribution in [0.15, 0.2) is 24.3 Å². The Kier molecular flexibility index (Phi) is 5.01. The van der Waals surface area contributed by atoms with E-state index in [4.69, 9.17) is 5.73 Å². The molecule has 0 aliphatic heterocycles. The average molecular weight is 275 g/mol. The van der Waals surface area contributed by atoms with Crippen LogP contribution in [-0.2, 0) is 4.79 Å². The zero-order valence-corrected chi connectivity index (χ0v) is 12.4. The summed E-state index contributed by atoms with van der Waals surface area (Å²) in [6.07, 6.45) is 3.22. The molecule has 110 valence electrons. The minimum atomic E-state index is 0.0528. The second kappa shape index (κ2) is 6.75. The predicted molar refractivity (Wildman–Crippen MR) is 83.5 cm³/mol. The number of nitrogens with one attached hydrogen (secondary N) is 1. The van der Waals surface area contributed by atoms with E-state index in [-0.39, 0.29) is 5.91 Å². The van der Waals surface area contributed by atoms with Crippen LogP contribution in [0, 0.1) is 5.92 Å². The molecule has 0 heterocycles. The first-order chi connectivity index (χ1) is 9.54. The summed E-state index contributed by atoms with van der Waals surface area (Å²) in [5.41, 5.74) is 7.14. The maximum Gasteiger partial charge on any atom is 0.225 e. The minimum absolute atomic E-state index is 0.0528. The van der Waals surface area contributed by atoms with Gasteiger partial charge in [-0.1, -0.05) is 6.07 Å². The van der Waals surface area contributed by atoms with Crippen molar-refractivity contribution in [1.29, 1.82) is 0 Å². The molecule has 4 nitrogen and oxygen atoms in total. The summed E-state index contributed by atoms with van der Waals surface area (Å²) >= 11 is 0. The molecule has 0 radical (unpaired) electrons. The third kappa shape index (κ3) is 4.85. The van der Waals surface area contributed by atoms with Gasteiger partial charge < -0.3 is 16.0 Å². The Morgan fingerprint density at radius 3 is 2.80 bits per heavy atom. The Morgan fingerprint density at radius 1 is 1.45 bits per heavy atom. The van der Waals surface area contributed by atoms with Gasteiger partial charge in [0.2, 0.25) is 5.91 Å². The summed E-state index contributed by atoms with van der Waals surface area (Å²) in [6.45, 7) is 6.34. The SMILES string of the molecule is CC(C)N(CCC(=O)Nc1cccc(N)c1)CC1CC1. The molecule has 0 atom stereocenters. The largest absolute Gasteiger partial charge is 0.399 e. The molecule has 20 heavy (non-hydrogen) atoms. The van der Waals surface area contributed by atoms with Gasteiger partial charge in [0.25, 0.3) is 0 Å². The Morgan fingerprint density at radius 2 is 2.20 bits per heavy atom. The van der Waals surface area contributed by atoms with Gasteiger partial charge in [0.05, 0.1) is 0 Å². The average Bonchev–Trinajstić information content (AvgIpc) is 3.18. The first-order valence-electron chi connectivity index (χ1n) is 7.44. The quantitative estimate of drug-likeness (QED) is 0.752. The van der Waals surface area contributed by atoms with Gasteiger partial charge in [-0.25, -0.2) is 0 Å². The number of nitrogens with two attached hydrogens (primary N) is 1. The summed E-state index contributed by atoms with van der Waals surface area (Å²) in [6, 6.07) is 7.79. The lowest BCUT2D eigenvalue weighted by Gasteiger charge is -2.26. The molecule has 0 bridgehead atoms. The molecule has 0 spiro atoms. The number of nitrogen functional groups attached to an aromatic ring is 1. The molecule has 2 rings (SSSR count). The van der Waals surface area contributed by atoms with Gasteiger partial charge in [0, 0.05) is 36.9 Å². The standard InChI is InChI=1S/C16H25N3O/c1-12(2)19(11-13-6-7-13)9-8-16(20)18-15-5-3-4-14(17)10-15/h3-5,10,12-13H,6-9,11,17H2,1-2H3,(H,18,20). The highest BCUT2D eigenvalue weighted by Crippen LogP contribution is 2.30. The zero-order chi connectivity index (χ0) is 14.5. The molecule has 0 aromatic heterocycles. The predicted octanol–water partition coefficient (Wildman–Crippen LogP) is 2.72. The lowest BCUT2D eigenvalue weighted by Crippen LogP contribution is -2.35. The topological polar surface area (TPSA) is 58.4 Å². The maximum atomic E-state index is 12.0. The van der Waals surface area contributed by atoms with Gasteiger partial charge in [-0.2, -0.15) is 0 Å². The number of hydrogen-bond acceptors (Lipinski definition) is 3. The first kappa shape index (κ1) is 14.9. The highest BCUT2D eigenvalue weighted by molar-refractivity contribution is 5.91. The van der Waals surface area contributed by atoms with E-state index in [9.17, 15) is 4.79 Å². The zero-order valence-electron chi connectivity index (χ0n) is 12.4. The van der Waals surface area contributed by atoms with Crippen LogP contribution in [0.4, 0.5) is 11.4 Å². The van der Waals surface area contributed by atoms with Crippen molar-refractivity contribution < 1.29 is 4.79 Å². The monoisotopic (exact) mass is 275 g/mol. The summed E-state index contributed by atoms with van der Waals surface area (Å²) in [7, 11) is 0. The Bertz CT molecular complexity index is 455. The van der Waals surface area contributed by atoms with Crippen LogP contribution in [0.5, 0.6) is 0 Å². The van der Waals surface area contributed by atoms with E-state index >= 15 is 0 Å². The Balaban J connectivity index is 1.78. The van der Waals surface area contributed by atoms with Crippen LogP contribution >= 0.6 is 0 Å². The molecule has 0 unspecified atom stereocenters. The maximum absolute atomic E-state index is 12.0. The number of amides is 1. The third-order valence-electron chi connectivity index (χ3n) is 3.72. The molecule has 1 fully saturated rings. The lowest BCUT2D eigenvalue weighted by molar-refractivity contribution is -0.116. The summed E-state index contributed by atoms with van der Waals surface area (Å²) in [4.78, 5) is 14.4. The summed E-state index contributed by atoms with van der Waals surface area (Å²) in [5.74, 6) is 0.909. The van der Waals surface area contributed by atoms with E-state index in [0.717, 1.165) is 24.7 Å². The molecular formula is C16H25N3O. The second-order valence-corrected chi connectivity index (χ2v) is 5.96. The highest BCUT2D eigenvalue weighted by Gasteiger charge is 2.25. The van der Waals surface area contributed by atoms with Crippen molar-refractivity contribution in [2.24, 2.45) is 5.92 Å². The van der Waals surface area contributed by atoms with Gasteiger partial charge >= 0.3 is 0 Å². The molecule has 1 amide bonds. The number of carbonyl (C=O) groups excluding carboxylic acids is 1. The minimum Gasteiger partial charge on any atom is -0.399 e. The number of hydrogen-bond donors (Lipinski definition) is 2. The molecule has 1 aromatic rings. The van der Waals surface area contributed by atoms with Crippen LogP contribution in [0.1, 0.15) is 33.1 Å². The normalized spacial score (nSPS) is 14.8. The van der Waals surface area contributed by atoms with E-state index < -0.39 is 0 Å². The molecule has 1 saturated carbocycles. The fourth-order valence-corrected chi connectivity index (χ4v) is 2.28. The second-order valence-electron chi connectivity index (χ2n) is 5.96. The molecule has 1 aromatic carbocycles. The highest BCUT2D eigenvalue weighted by atomic mass is 16.1.